The number of carbonyl (C=O) groups excluding carboxylic acids is 1. The van der Waals surface area contributed by atoms with Crippen molar-refractivity contribution in [3.05, 3.63) is 29.5 Å². The van der Waals surface area contributed by atoms with Crippen LogP contribution in [-0.4, -0.2) is 39.0 Å². The average Bonchev–Trinajstić information content (AvgIpc) is 3.06. The Morgan fingerprint density at radius 3 is 2.86 bits per heavy atom. The number of hydrogen-bond donors (Lipinski definition) is 0. The molecule has 0 aromatic carbocycles. The van der Waals surface area contributed by atoms with E-state index < -0.39 is 0 Å². The third-order valence-corrected chi connectivity index (χ3v) is 4.20. The summed E-state index contributed by atoms with van der Waals surface area (Å²) in [5.41, 5.74) is 3.50. The van der Waals surface area contributed by atoms with Crippen LogP contribution >= 0.6 is 0 Å². The Labute approximate surface area is 129 Å². The first kappa shape index (κ1) is 14.7. The SMILES string of the molecule is CC(=O)N1CC[C@H](Cc2cncc(-c3c(C)noc3C)n2)C1. The summed E-state index contributed by atoms with van der Waals surface area (Å²) in [5, 5.41) is 3.97. The zero-order chi connectivity index (χ0) is 15.7. The number of amides is 1. The maximum Gasteiger partial charge on any atom is 0.219 e. The van der Waals surface area contributed by atoms with Crippen molar-refractivity contribution in [2.45, 2.75) is 33.6 Å². The molecule has 1 fully saturated rings. The fourth-order valence-corrected chi connectivity index (χ4v) is 3.05. The highest BCUT2D eigenvalue weighted by Crippen LogP contribution is 2.26. The van der Waals surface area contributed by atoms with Crippen LogP contribution in [0.25, 0.3) is 11.3 Å². The molecule has 3 rings (SSSR count). The molecule has 6 heteroatoms. The standard InChI is InChI=1S/C16H20N4O2/c1-10-16(11(2)22-19-10)15-8-17-7-14(18-15)6-13-4-5-20(9-13)12(3)21/h7-8,13H,4-6,9H2,1-3H3/t13-/m1/s1. The van der Waals surface area contributed by atoms with Crippen molar-refractivity contribution in [1.29, 1.82) is 0 Å². The van der Waals surface area contributed by atoms with Crippen LogP contribution in [0.2, 0.25) is 0 Å². The molecule has 2 aromatic heterocycles. The van der Waals surface area contributed by atoms with E-state index in [9.17, 15) is 4.79 Å². The molecule has 1 aliphatic rings. The maximum absolute atomic E-state index is 11.4. The van der Waals surface area contributed by atoms with Crippen molar-refractivity contribution < 1.29 is 9.32 Å². The molecule has 3 heterocycles. The summed E-state index contributed by atoms with van der Waals surface area (Å²) in [7, 11) is 0. The maximum atomic E-state index is 11.4. The highest BCUT2D eigenvalue weighted by Gasteiger charge is 2.25. The molecule has 1 aliphatic heterocycles. The van der Waals surface area contributed by atoms with E-state index in [4.69, 9.17) is 9.51 Å². The number of aromatic nitrogens is 3. The lowest BCUT2D eigenvalue weighted by Crippen LogP contribution is -2.26. The first-order valence-corrected chi connectivity index (χ1v) is 7.54. The Balaban J connectivity index is 1.77. The van der Waals surface area contributed by atoms with Gasteiger partial charge in [-0.25, -0.2) is 4.98 Å². The van der Waals surface area contributed by atoms with Gasteiger partial charge in [-0.1, -0.05) is 5.16 Å². The molecule has 0 saturated carbocycles. The van der Waals surface area contributed by atoms with Crippen molar-refractivity contribution >= 4 is 5.91 Å². The van der Waals surface area contributed by atoms with Gasteiger partial charge in [-0.2, -0.15) is 0 Å². The van der Waals surface area contributed by atoms with Crippen LogP contribution in [0.3, 0.4) is 0 Å². The Morgan fingerprint density at radius 2 is 2.23 bits per heavy atom. The summed E-state index contributed by atoms with van der Waals surface area (Å²) in [5.74, 6) is 1.36. The first-order valence-electron chi connectivity index (χ1n) is 7.54. The zero-order valence-electron chi connectivity index (χ0n) is 13.2. The molecule has 22 heavy (non-hydrogen) atoms. The number of aryl methyl sites for hydroxylation is 2. The highest BCUT2D eigenvalue weighted by atomic mass is 16.5. The lowest BCUT2D eigenvalue weighted by atomic mass is 10.0. The molecule has 0 radical (unpaired) electrons. The molecule has 0 aliphatic carbocycles. The van der Waals surface area contributed by atoms with E-state index in [2.05, 4.69) is 10.1 Å². The molecule has 116 valence electrons. The van der Waals surface area contributed by atoms with Crippen LogP contribution in [0.15, 0.2) is 16.9 Å². The Kier molecular flexibility index (Phi) is 3.92. The molecule has 2 aromatic rings. The van der Waals surface area contributed by atoms with E-state index in [1.165, 1.54) is 0 Å². The Bertz CT molecular complexity index is 676. The largest absolute Gasteiger partial charge is 0.361 e. The van der Waals surface area contributed by atoms with E-state index in [0.717, 1.165) is 54.3 Å². The minimum Gasteiger partial charge on any atom is -0.361 e. The van der Waals surface area contributed by atoms with Gasteiger partial charge in [0, 0.05) is 26.2 Å². The summed E-state index contributed by atoms with van der Waals surface area (Å²) in [4.78, 5) is 22.3. The van der Waals surface area contributed by atoms with E-state index in [1.54, 1.807) is 19.3 Å². The fraction of sp³-hybridized carbons (Fsp3) is 0.500. The molecule has 1 amide bonds. The number of hydrogen-bond acceptors (Lipinski definition) is 5. The van der Waals surface area contributed by atoms with Crippen LogP contribution < -0.4 is 0 Å². The number of nitrogens with zero attached hydrogens (tertiary/aromatic N) is 4. The molecule has 0 bridgehead atoms. The Morgan fingerprint density at radius 1 is 1.41 bits per heavy atom. The predicted molar refractivity (Wildman–Crippen MR) is 81.1 cm³/mol. The molecule has 1 saturated heterocycles. The lowest BCUT2D eigenvalue weighted by Gasteiger charge is -2.13. The summed E-state index contributed by atoms with van der Waals surface area (Å²) >= 11 is 0. The van der Waals surface area contributed by atoms with Crippen LogP contribution in [0.5, 0.6) is 0 Å². The van der Waals surface area contributed by atoms with Crippen molar-refractivity contribution in [2.75, 3.05) is 13.1 Å². The first-order chi connectivity index (χ1) is 10.5. The van der Waals surface area contributed by atoms with Gasteiger partial charge >= 0.3 is 0 Å². The van der Waals surface area contributed by atoms with Gasteiger partial charge in [-0.3, -0.25) is 9.78 Å². The van der Waals surface area contributed by atoms with Crippen molar-refractivity contribution in [2.24, 2.45) is 5.92 Å². The average molecular weight is 300 g/mol. The van der Waals surface area contributed by atoms with Crippen molar-refractivity contribution in [3.8, 4) is 11.3 Å². The van der Waals surface area contributed by atoms with Gasteiger partial charge in [0.25, 0.3) is 0 Å². The quantitative estimate of drug-likeness (QED) is 0.868. The fourth-order valence-electron chi connectivity index (χ4n) is 3.05. The van der Waals surface area contributed by atoms with E-state index >= 15 is 0 Å². The topological polar surface area (TPSA) is 72.1 Å². The number of likely N-dealkylation sites (tertiary alicyclic amines) is 1. The summed E-state index contributed by atoms with van der Waals surface area (Å²) in [6.07, 6.45) is 5.41. The minimum absolute atomic E-state index is 0.151. The van der Waals surface area contributed by atoms with Crippen LogP contribution in [0.1, 0.15) is 30.5 Å². The second-order valence-corrected chi connectivity index (χ2v) is 5.92. The van der Waals surface area contributed by atoms with Gasteiger partial charge in [-0.15, -0.1) is 0 Å². The highest BCUT2D eigenvalue weighted by molar-refractivity contribution is 5.73. The van der Waals surface area contributed by atoms with E-state index in [0.29, 0.717) is 5.92 Å². The molecular formula is C16H20N4O2. The summed E-state index contributed by atoms with van der Waals surface area (Å²) in [6.45, 7) is 7.07. The van der Waals surface area contributed by atoms with Crippen LogP contribution in [-0.2, 0) is 11.2 Å². The van der Waals surface area contributed by atoms with Crippen molar-refractivity contribution in [3.63, 3.8) is 0 Å². The molecule has 0 spiro atoms. The second-order valence-electron chi connectivity index (χ2n) is 5.92. The molecule has 0 unspecified atom stereocenters. The van der Waals surface area contributed by atoms with Gasteiger partial charge in [-0.05, 0) is 32.6 Å². The number of carbonyl (C=O) groups is 1. The van der Waals surface area contributed by atoms with Gasteiger partial charge in [0.2, 0.25) is 5.91 Å². The monoisotopic (exact) mass is 300 g/mol. The third-order valence-electron chi connectivity index (χ3n) is 4.20. The predicted octanol–water partition coefficient (Wildman–Crippen LogP) is 2.16. The van der Waals surface area contributed by atoms with Gasteiger partial charge in [0.15, 0.2) is 0 Å². The van der Waals surface area contributed by atoms with Gasteiger partial charge in [0.1, 0.15) is 5.76 Å². The van der Waals surface area contributed by atoms with E-state index in [-0.39, 0.29) is 5.91 Å². The molecule has 0 N–H and O–H groups in total. The van der Waals surface area contributed by atoms with Gasteiger partial charge in [0.05, 0.1) is 28.8 Å². The lowest BCUT2D eigenvalue weighted by molar-refractivity contribution is -0.127. The molecule has 1 atom stereocenters. The number of rotatable bonds is 3. The van der Waals surface area contributed by atoms with Crippen molar-refractivity contribution in [1.82, 2.24) is 20.0 Å². The molecule has 6 nitrogen and oxygen atoms in total. The smallest absolute Gasteiger partial charge is 0.219 e. The molecular weight excluding hydrogens is 280 g/mol. The Hall–Kier alpha value is -2.24. The van der Waals surface area contributed by atoms with E-state index in [1.807, 2.05) is 18.7 Å². The summed E-state index contributed by atoms with van der Waals surface area (Å²) < 4.78 is 5.20. The van der Waals surface area contributed by atoms with Crippen LogP contribution in [0, 0.1) is 19.8 Å². The third kappa shape index (κ3) is 2.86. The van der Waals surface area contributed by atoms with Gasteiger partial charge < -0.3 is 9.42 Å². The zero-order valence-corrected chi connectivity index (χ0v) is 13.2. The second kappa shape index (κ2) is 5.87. The van der Waals surface area contributed by atoms with Crippen LogP contribution in [0.4, 0.5) is 0 Å². The minimum atomic E-state index is 0.151. The summed E-state index contributed by atoms with van der Waals surface area (Å²) in [6, 6.07) is 0. The normalized spacial score (nSPS) is 18.0.